The molecule has 0 aliphatic carbocycles. The minimum atomic E-state index is -0.365. The molecule has 5 nitrogen and oxygen atoms in total. The molecule has 0 fully saturated rings. The Morgan fingerprint density at radius 1 is 1.38 bits per heavy atom. The van der Waals surface area contributed by atoms with Gasteiger partial charge in [-0.05, 0) is 24.6 Å². The summed E-state index contributed by atoms with van der Waals surface area (Å²) in [6.07, 6.45) is 1.61. The van der Waals surface area contributed by atoms with Gasteiger partial charge < -0.3 is 10.6 Å². The van der Waals surface area contributed by atoms with Gasteiger partial charge in [-0.15, -0.1) is 0 Å². The highest BCUT2D eigenvalue weighted by atomic mass is 19.1. The summed E-state index contributed by atoms with van der Waals surface area (Å²) in [4.78, 5) is 14.0. The van der Waals surface area contributed by atoms with Gasteiger partial charge in [-0.1, -0.05) is 6.07 Å². The fourth-order valence-corrected chi connectivity index (χ4v) is 1.97. The van der Waals surface area contributed by atoms with Crippen LogP contribution in [0.3, 0.4) is 0 Å². The maximum absolute atomic E-state index is 13.8. The van der Waals surface area contributed by atoms with Crippen molar-refractivity contribution in [3.63, 3.8) is 0 Å². The number of rotatable bonds is 5. The minimum absolute atomic E-state index is 0.0919. The second-order valence-corrected chi connectivity index (χ2v) is 4.85. The molecule has 0 bridgehead atoms. The molecule has 1 heterocycles. The predicted octanol–water partition coefficient (Wildman–Crippen LogP) is 1.35. The van der Waals surface area contributed by atoms with Crippen LogP contribution >= 0.6 is 0 Å². The van der Waals surface area contributed by atoms with E-state index in [2.05, 4.69) is 5.10 Å². The molecular weight excluding hydrogens is 271 g/mol. The molecule has 0 saturated carbocycles. The zero-order valence-corrected chi connectivity index (χ0v) is 12.2. The summed E-state index contributed by atoms with van der Waals surface area (Å²) in [6, 6.07) is 6.16. The Morgan fingerprint density at radius 3 is 2.76 bits per heavy atom. The van der Waals surface area contributed by atoms with Gasteiger partial charge in [0.25, 0.3) is 5.56 Å². The lowest BCUT2D eigenvalue weighted by atomic mass is 10.1. The smallest absolute Gasteiger partial charge is 0.269 e. The van der Waals surface area contributed by atoms with Gasteiger partial charge in [-0.25, -0.2) is 9.07 Å². The molecule has 0 unspecified atom stereocenters. The maximum Gasteiger partial charge on any atom is 0.269 e. The molecule has 0 aliphatic heterocycles. The van der Waals surface area contributed by atoms with Crippen LogP contribution in [0, 0.1) is 5.82 Å². The summed E-state index contributed by atoms with van der Waals surface area (Å²) in [5.41, 5.74) is 7.26. The van der Waals surface area contributed by atoms with E-state index < -0.39 is 0 Å². The maximum atomic E-state index is 13.8. The number of aromatic nitrogens is 2. The van der Waals surface area contributed by atoms with E-state index in [0.717, 1.165) is 17.8 Å². The number of halogens is 1. The Kier molecular flexibility index (Phi) is 4.70. The van der Waals surface area contributed by atoms with E-state index in [1.807, 2.05) is 18.9 Å². The summed E-state index contributed by atoms with van der Waals surface area (Å²) in [5.74, 6) is -0.365. The molecule has 2 aromatic rings. The fraction of sp³-hybridized carbons (Fsp3) is 0.333. The van der Waals surface area contributed by atoms with Crippen molar-refractivity contribution in [1.29, 1.82) is 0 Å². The summed E-state index contributed by atoms with van der Waals surface area (Å²) < 4.78 is 15.0. The second-order valence-electron chi connectivity index (χ2n) is 4.85. The average molecular weight is 290 g/mol. The zero-order valence-electron chi connectivity index (χ0n) is 12.2. The van der Waals surface area contributed by atoms with Gasteiger partial charge in [0, 0.05) is 31.8 Å². The Bertz CT molecular complexity index is 684. The molecule has 0 radical (unpaired) electrons. The third kappa shape index (κ3) is 3.46. The van der Waals surface area contributed by atoms with Gasteiger partial charge in [-0.2, -0.15) is 5.10 Å². The molecule has 0 atom stereocenters. The van der Waals surface area contributed by atoms with Gasteiger partial charge in [-0.3, -0.25) is 4.79 Å². The molecule has 1 aromatic carbocycles. The number of nitrogens with zero attached hydrogens (tertiary/aromatic N) is 3. The molecule has 1 aromatic heterocycles. The van der Waals surface area contributed by atoms with E-state index in [9.17, 15) is 9.18 Å². The van der Waals surface area contributed by atoms with Crippen molar-refractivity contribution in [2.75, 3.05) is 18.5 Å². The number of anilines is 1. The average Bonchev–Trinajstić information content (AvgIpc) is 2.50. The monoisotopic (exact) mass is 290 g/mol. The molecule has 6 heteroatoms. The molecule has 0 saturated heterocycles. The molecule has 0 amide bonds. The fourth-order valence-electron chi connectivity index (χ4n) is 1.97. The largest absolute Gasteiger partial charge is 0.373 e. The third-order valence-electron chi connectivity index (χ3n) is 3.44. The van der Waals surface area contributed by atoms with Gasteiger partial charge in [0.15, 0.2) is 0 Å². The predicted molar refractivity (Wildman–Crippen MR) is 80.8 cm³/mol. The van der Waals surface area contributed by atoms with E-state index in [0.29, 0.717) is 12.1 Å². The first-order valence-electron chi connectivity index (χ1n) is 6.80. The molecule has 2 rings (SSSR count). The van der Waals surface area contributed by atoms with E-state index in [1.54, 1.807) is 18.3 Å². The summed E-state index contributed by atoms with van der Waals surface area (Å²) in [5, 5.41) is 4.10. The number of nitrogens with two attached hydrogens (primary N) is 1. The number of hydrogen-bond donors (Lipinski definition) is 1. The quantitative estimate of drug-likeness (QED) is 0.902. The lowest BCUT2D eigenvalue weighted by molar-refractivity contribution is 0.571. The van der Waals surface area contributed by atoms with Crippen molar-refractivity contribution in [2.24, 2.45) is 5.73 Å². The summed E-state index contributed by atoms with van der Waals surface area (Å²) >= 11 is 0. The molecule has 2 N–H and O–H groups in total. The van der Waals surface area contributed by atoms with Crippen molar-refractivity contribution in [1.82, 2.24) is 9.78 Å². The Morgan fingerprint density at radius 2 is 2.14 bits per heavy atom. The van der Waals surface area contributed by atoms with Crippen molar-refractivity contribution >= 4 is 5.69 Å². The standard InChI is InChI=1S/C15H19FN4O/c1-3-19(2)13-7-15(21)20(18-9-13)10-12-6-11(8-17)4-5-14(12)16/h4-7,9H,3,8,10,17H2,1-2H3. The second kappa shape index (κ2) is 6.49. The van der Waals surface area contributed by atoms with E-state index in [-0.39, 0.29) is 17.9 Å². The molecule has 0 spiro atoms. The third-order valence-corrected chi connectivity index (χ3v) is 3.44. The lowest BCUT2D eigenvalue weighted by Gasteiger charge is -2.16. The van der Waals surface area contributed by atoms with Crippen LogP contribution in [0.5, 0.6) is 0 Å². The zero-order chi connectivity index (χ0) is 15.4. The van der Waals surface area contributed by atoms with E-state index >= 15 is 0 Å². The molecule has 0 aliphatic rings. The van der Waals surface area contributed by atoms with Crippen LogP contribution < -0.4 is 16.2 Å². The van der Waals surface area contributed by atoms with Crippen LogP contribution in [0.4, 0.5) is 10.1 Å². The van der Waals surface area contributed by atoms with E-state index in [4.69, 9.17) is 5.73 Å². The molecular formula is C15H19FN4O. The molecule has 21 heavy (non-hydrogen) atoms. The minimum Gasteiger partial charge on any atom is -0.373 e. The lowest BCUT2D eigenvalue weighted by Crippen LogP contribution is -2.26. The Balaban J connectivity index is 2.30. The first-order chi connectivity index (χ1) is 10.0. The van der Waals surface area contributed by atoms with Crippen molar-refractivity contribution < 1.29 is 4.39 Å². The number of hydrogen-bond acceptors (Lipinski definition) is 4. The van der Waals surface area contributed by atoms with Gasteiger partial charge in [0.1, 0.15) is 5.82 Å². The van der Waals surface area contributed by atoms with Crippen LogP contribution in [-0.2, 0) is 13.1 Å². The summed E-state index contributed by atoms with van der Waals surface area (Å²) in [7, 11) is 1.88. The van der Waals surface area contributed by atoms with Crippen LogP contribution in [0.15, 0.2) is 35.3 Å². The normalized spacial score (nSPS) is 10.7. The van der Waals surface area contributed by atoms with Gasteiger partial charge in [0.05, 0.1) is 18.4 Å². The Labute approximate surface area is 122 Å². The van der Waals surface area contributed by atoms with Crippen LogP contribution in [-0.4, -0.2) is 23.4 Å². The van der Waals surface area contributed by atoms with Crippen LogP contribution in [0.1, 0.15) is 18.1 Å². The topological polar surface area (TPSA) is 64.2 Å². The SMILES string of the molecule is CCN(C)c1cnn(Cc2cc(CN)ccc2F)c(=O)c1. The van der Waals surface area contributed by atoms with Gasteiger partial charge >= 0.3 is 0 Å². The van der Waals surface area contributed by atoms with Crippen molar-refractivity contribution in [3.8, 4) is 0 Å². The first kappa shape index (κ1) is 15.2. The van der Waals surface area contributed by atoms with Crippen LogP contribution in [0.2, 0.25) is 0 Å². The first-order valence-corrected chi connectivity index (χ1v) is 6.80. The Hall–Kier alpha value is -2.21. The summed E-state index contributed by atoms with van der Waals surface area (Å²) in [6.45, 7) is 3.18. The van der Waals surface area contributed by atoms with E-state index in [1.165, 1.54) is 16.8 Å². The highest BCUT2D eigenvalue weighted by Crippen LogP contribution is 2.12. The van der Waals surface area contributed by atoms with Crippen molar-refractivity contribution in [3.05, 3.63) is 57.8 Å². The van der Waals surface area contributed by atoms with Gasteiger partial charge in [0.2, 0.25) is 0 Å². The highest BCUT2D eigenvalue weighted by Gasteiger charge is 2.08. The number of benzene rings is 1. The van der Waals surface area contributed by atoms with Crippen LogP contribution in [0.25, 0.3) is 0 Å². The highest BCUT2D eigenvalue weighted by molar-refractivity contribution is 5.41. The molecule has 112 valence electrons. The van der Waals surface area contributed by atoms with Crippen molar-refractivity contribution in [2.45, 2.75) is 20.0 Å².